The van der Waals surface area contributed by atoms with Crippen LogP contribution in [0.3, 0.4) is 0 Å². The number of carbonyl (C=O) groups excluding carboxylic acids is 1. The van der Waals surface area contributed by atoms with Crippen molar-refractivity contribution >= 4 is 17.3 Å². The fourth-order valence-electron chi connectivity index (χ4n) is 2.39. The van der Waals surface area contributed by atoms with E-state index in [4.69, 9.17) is 9.47 Å². The summed E-state index contributed by atoms with van der Waals surface area (Å²) in [5, 5.41) is 6.01. The van der Waals surface area contributed by atoms with Crippen LogP contribution in [-0.4, -0.2) is 31.2 Å². The Labute approximate surface area is 158 Å². The van der Waals surface area contributed by atoms with Crippen molar-refractivity contribution in [3.8, 4) is 11.5 Å². The second-order valence-electron chi connectivity index (χ2n) is 5.72. The maximum atomic E-state index is 12.0. The maximum absolute atomic E-state index is 12.0. The summed E-state index contributed by atoms with van der Waals surface area (Å²) in [6.07, 6.45) is 1.62. The smallest absolute Gasteiger partial charge is 0.269 e. The SMILES string of the molecule is COCCNC(=O)c1ccc(Nc2ccccc2Oc2ccccc2)cn1. The van der Waals surface area contributed by atoms with Crippen molar-refractivity contribution in [1.29, 1.82) is 0 Å². The number of aromatic nitrogens is 1. The van der Waals surface area contributed by atoms with Gasteiger partial charge in [0, 0.05) is 13.7 Å². The van der Waals surface area contributed by atoms with Crippen LogP contribution in [0.4, 0.5) is 11.4 Å². The summed E-state index contributed by atoms with van der Waals surface area (Å²) in [4.78, 5) is 16.2. The van der Waals surface area contributed by atoms with Gasteiger partial charge in [-0.05, 0) is 36.4 Å². The van der Waals surface area contributed by atoms with Crippen molar-refractivity contribution in [3.63, 3.8) is 0 Å². The predicted octanol–water partition coefficient (Wildman–Crippen LogP) is 3.99. The van der Waals surface area contributed by atoms with Crippen LogP contribution in [0.15, 0.2) is 72.9 Å². The van der Waals surface area contributed by atoms with Gasteiger partial charge in [0.2, 0.25) is 0 Å². The van der Waals surface area contributed by atoms with E-state index in [1.165, 1.54) is 0 Å². The fourth-order valence-corrected chi connectivity index (χ4v) is 2.39. The Morgan fingerprint density at radius 1 is 1.00 bits per heavy atom. The van der Waals surface area contributed by atoms with Gasteiger partial charge in [0.05, 0.1) is 24.2 Å². The van der Waals surface area contributed by atoms with Gasteiger partial charge in [-0.3, -0.25) is 4.79 Å². The molecule has 1 aromatic heterocycles. The molecule has 3 rings (SSSR count). The van der Waals surface area contributed by atoms with Crippen molar-refractivity contribution in [2.45, 2.75) is 0 Å². The highest BCUT2D eigenvalue weighted by atomic mass is 16.5. The molecule has 138 valence electrons. The van der Waals surface area contributed by atoms with E-state index in [2.05, 4.69) is 15.6 Å². The molecule has 0 saturated heterocycles. The molecule has 3 aromatic rings. The number of carbonyl (C=O) groups is 1. The molecule has 0 spiro atoms. The lowest BCUT2D eigenvalue weighted by atomic mass is 10.2. The van der Waals surface area contributed by atoms with Gasteiger partial charge >= 0.3 is 0 Å². The van der Waals surface area contributed by atoms with Crippen LogP contribution < -0.4 is 15.4 Å². The standard InChI is InChI=1S/C21H21N3O3/c1-26-14-13-22-21(25)19-12-11-16(15-23-19)24-18-9-5-6-10-20(18)27-17-7-3-2-4-8-17/h2-12,15,24H,13-14H2,1H3,(H,22,25). The van der Waals surface area contributed by atoms with Crippen molar-refractivity contribution < 1.29 is 14.3 Å². The first-order valence-corrected chi connectivity index (χ1v) is 8.58. The van der Waals surface area contributed by atoms with Crippen LogP contribution in [0.2, 0.25) is 0 Å². The molecule has 2 aromatic carbocycles. The summed E-state index contributed by atoms with van der Waals surface area (Å²) in [5.41, 5.74) is 1.92. The first-order valence-electron chi connectivity index (χ1n) is 8.58. The minimum atomic E-state index is -0.230. The Morgan fingerprint density at radius 2 is 1.78 bits per heavy atom. The van der Waals surface area contributed by atoms with Crippen LogP contribution in [0.25, 0.3) is 0 Å². The summed E-state index contributed by atoms with van der Waals surface area (Å²) >= 11 is 0. The van der Waals surface area contributed by atoms with E-state index in [1.54, 1.807) is 25.4 Å². The number of anilines is 2. The molecule has 2 N–H and O–H groups in total. The molecule has 6 nitrogen and oxygen atoms in total. The van der Waals surface area contributed by atoms with E-state index in [9.17, 15) is 4.79 Å². The zero-order chi connectivity index (χ0) is 18.9. The quantitative estimate of drug-likeness (QED) is 0.592. The van der Waals surface area contributed by atoms with Crippen molar-refractivity contribution in [3.05, 3.63) is 78.6 Å². The Kier molecular flexibility index (Phi) is 6.38. The average molecular weight is 363 g/mol. The van der Waals surface area contributed by atoms with E-state index < -0.39 is 0 Å². The first kappa shape index (κ1) is 18.4. The molecule has 0 aliphatic rings. The molecule has 27 heavy (non-hydrogen) atoms. The number of rotatable bonds is 8. The van der Waals surface area contributed by atoms with E-state index >= 15 is 0 Å². The Morgan fingerprint density at radius 3 is 2.52 bits per heavy atom. The van der Waals surface area contributed by atoms with Gasteiger partial charge in [0.25, 0.3) is 5.91 Å². The van der Waals surface area contributed by atoms with Gasteiger partial charge < -0.3 is 20.1 Å². The highest BCUT2D eigenvalue weighted by molar-refractivity contribution is 5.92. The van der Waals surface area contributed by atoms with Gasteiger partial charge in [-0.2, -0.15) is 0 Å². The number of hydrogen-bond donors (Lipinski definition) is 2. The number of benzene rings is 2. The van der Waals surface area contributed by atoms with Gasteiger partial charge in [0.1, 0.15) is 11.4 Å². The fraction of sp³-hybridized carbons (Fsp3) is 0.143. The molecule has 6 heteroatoms. The van der Waals surface area contributed by atoms with Gasteiger partial charge in [-0.1, -0.05) is 30.3 Å². The molecule has 0 aliphatic carbocycles. The summed E-state index contributed by atoms with van der Waals surface area (Å²) in [6, 6.07) is 20.7. The van der Waals surface area contributed by atoms with Gasteiger partial charge in [-0.15, -0.1) is 0 Å². The minimum absolute atomic E-state index is 0.230. The zero-order valence-electron chi connectivity index (χ0n) is 15.0. The molecule has 0 atom stereocenters. The monoisotopic (exact) mass is 363 g/mol. The van der Waals surface area contributed by atoms with Crippen LogP contribution in [0.1, 0.15) is 10.5 Å². The number of hydrogen-bond acceptors (Lipinski definition) is 5. The predicted molar refractivity (Wildman–Crippen MR) is 105 cm³/mol. The van der Waals surface area contributed by atoms with Gasteiger partial charge in [-0.25, -0.2) is 4.98 Å². The van der Waals surface area contributed by atoms with Gasteiger partial charge in [0.15, 0.2) is 5.75 Å². The summed E-state index contributed by atoms with van der Waals surface area (Å²) in [5.74, 6) is 1.23. The molecule has 1 heterocycles. The number of amides is 1. The second kappa shape index (κ2) is 9.35. The number of nitrogens with one attached hydrogen (secondary N) is 2. The normalized spacial score (nSPS) is 10.3. The lowest BCUT2D eigenvalue weighted by Crippen LogP contribution is -2.27. The van der Waals surface area contributed by atoms with Crippen LogP contribution >= 0.6 is 0 Å². The van der Waals surface area contributed by atoms with E-state index in [-0.39, 0.29) is 5.91 Å². The second-order valence-corrected chi connectivity index (χ2v) is 5.72. The molecule has 0 bridgehead atoms. The topological polar surface area (TPSA) is 72.5 Å². The lowest BCUT2D eigenvalue weighted by Gasteiger charge is -2.13. The average Bonchev–Trinajstić information content (AvgIpc) is 2.71. The van der Waals surface area contributed by atoms with Crippen molar-refractivity contribution in [2.24, 2.45) is 0 Å². The van der Waals surface area contributed by atoms with Crippen LogP contribution in [0, 0.1) is 0 Å². The minimum Gasteiger partial charge on any atom is -0.455 e. The number of para-hydroxylation sites is 3. The van der Waals surface area contributed by atoms with Crippen LogP contribution in [-0.2, 0) is 4.74 Å². The molecule has 1 amide bonds. The summed E-state index contributed by atoms with van der Waals surface area (Å²) < 4.78 is 10.9. The number of pyridine rings is 1. The van der Waals surface area contributed by atoms with Crippen LogP contribution in [0.5, 0.6) is 11.5 Å². The first-order chi connectivity index (χ1) is 13.3. The molecule has 0 fully saturated rings. The molecule has 0 saturated carbocycles. The third-order valence-electron chi connectivity index (χ3n) is 3.72. The van der Waals surface area contributed by atoms with E-state index in [1.807, 2.05) is 54.6 Å². The molecule has 0 radical (unpaired) electrons. The zero-order valence-corrected chi connectivity index (χ0v) is 15.0. The Balaban J connectivity index is 1.68. The molecule has 0 aliphatic heterocycles. The largest absolute Gasteiger partial charge is 0.455 e. The highest BCUT2D eigenvalue weighted by Crippen LogP contribution is 2.31. The lowest BCUT2D eigenvalue weighted by molar-refractivity contribution is 0.0932. The molecule has 0 unspecified atom stereocenters. The van der Waals surface area contributed by atoms with E-state index in [0.29, 0.717) is 24.6 Å². The summed E-state index contributed by atoms with van der Waals surface area (Å²) in [6.45, 7) is 0.908. The maximum Gasteiger partial charge on any atom is 0.269 e. The Bertz CT molecular complexity index is 867. The number of nitrogens with zero attached hydrogens (tertiary/aromatic N) is 1. The van der Waals surface area contributed by atoms with Crippen molar-refractivity contribution in [1.82, 2.24) is 10.3 Å². The highest BCUT2D eigenvalue weighted by Gasteiger charge is 2.08. The number of ether oxygens (including phenoxy) is 2. The molecular formula is C21H21N3O3. The molecular weight excluding hydrogens is 342 g/mol. The Hall–Kier alpha value is -3.38. The van der Waals surface area contributed by atoms with E-state index in [0.717, 1.165) is 17.1 Å². The number of methoxy groups -OCH3 is 1. The summed E-state index contributed by atoms with van der Waals surface area (Å²) in [7, 11) is 1.59. The van der Waals surface area contributed by atoms with Crippen molar-refractivity contribution in [2.75, 3.05) is 25.6 Å². The third kappa shape index (κ3) is 5.29. The third-order valence-corrected chi connectivity index (χ3v) is 3.72.